The maximum atomic E-state index is 12.3. The molecule has 0 bridgehead atoms. The molecule has 1 aromatic rings. The van der Waals surface area contributed by atoms with Crippen molar-refractivity contribution in [3.63, 3.8) is 0 Å². The van der Waals surface area contributed by atoms with Gasteiger partial charge in [-0.2, -0.15) is 5.26 Å². The second-order valence-electron chi connectivity index (χ2n) is 5.85. The van der Waals surface area contributed by atoms with E-state index in [4.69, 9.17) is 11.0 Å². The zero-order chi connectivity index (χ0) is 16.4. The van der Waals surface area contributed by atoms with Gasteiger partial charge in [0.25, 0.3) is 5.91 Å². The third kappa shape index (κ3) is 2.90. The van der Waals surface area contributed by atoms with Crippen LogP contribution in [-0.4, -0.2) is 34.2 Å². The summed E-state index contributed by atoms with van der Waals surface area (Å²) in [7, 11) is 0. The molecule has 1 saturated heterocycles. The van der Waals surface area contributed by atoms with Crippen molar-refractivity contribution in [3.05, 3.63) is 47.2 Å². The molecule has 6 nitrogen and oxygen atoms in total. The molecular weight excluding hydrogens is 292 g/mol. The minimum atomic E-state index is -0.444. The fraction of sp³-hybridized carbons (Fsp3) is 0.353. The number of nitrogens with zero attached hydrogens (tertiary/aromatic N) is 3. The van der Waals surface area contributed by atoms with Crippen molar-refractivity contribution in [2.24, 2.45) is 5.73 Å². The summed E-state index contributed by atoms with van der Waals surface area (Å²) >= 11 is 0. The Morgan fingerprint density at radius 2 is 1.91 bits per heavy atom. The lowest BCUT2D eigenvalue weighted by molar-refractivity contribution is -0.129. The molecule has 2 aliphatic heterocycles. The molecule has 1 fully saturated rings. The number of hydrogen-bond acceptors (Lipinski definition) is 4. The summed E-state index contributed by atoms with van der Waals surface area (Å²) < 4.78 is 0. The predicted octanol–water partition coefficient (Wildman–Crippen LogP) is 0.886. The van der Waals surface area contributed by atoms with Gasteiger partial charge in [0, 0.05) is 25.7 Å². The van der Waals surface area contributed by atoms with Crippen LogP contribution >= 0.6 is 0 Å². The Kier molecular flexibility index (Phi) is 4.02. The monoisotopic (exact) mass is 310 g/mol. The number of carbonyl (C=O) groups is 2. The quantitative estimate of drug-likeness (QED) is 0.821. The van der Waals surface area contributed by atoms with E-state index in [1.165, 1.54) is 11.0 Å². The predicted molar refractivity (Wildman–Crippen MR) is 83.3 cm³/mol. The molecule has 2 heterocycles. The van der Waals surface area contributed by atoms with E-state index >= 15 is 0 Å². The molecule has 6 heteroatoms. The molecule has 0 aromatic heterocycles. The van der Waals surface area contributed by atoms with Crippen molar-refractivity contribution in [2.45, 2.75) is 32.0 Å². The second kappa shape index (κ2) is 6.13. The fourth-order valence-corrected chi connectivity index (χ4v) is 3.08. The minimum Gasteiger partial charge on any atom is -0.394 e. The first-order valence-corrected chi connectivity index (χ1v) is 7.63. The van der Waals surface area contributed by atoms with Gasteiger partial charge >= 0.3 is 0 Å². The average molecular weight is 310 g/mol. The molecule has 2 N–H and O–H groups in total. The molecule has 23 heavy (non-hydrogen) atoms. The van der Waals surface area contributed by atoms with Crippen LogP contribution in [0.4, 0.5) is 0 Å². The Labute approximate surface area is 134 Å². The first-order valence-electron chi connectivity index (χ1n) is 7.63. The molecule has 0 unspecified atom stereocenters. The van der Waals surface area contributed by atoms with Gasteiger partial charge in [0.05, 0.1) is 6.07 Å². The normalized spacial score (nSPS) is 20.3. The first-order chi connectivity index (χ1) is 11.1. The summed E-state index contributed by atoms with van der Waals surface area (Å²) in [6.45, 7) is 1.56. The average Bonchev–Trinajstić information content (AvgIpc) is 3.20. The van der Waals surface area contributed by atoms with Crippen molar-refractivity contribution < 1.29 is 9.59 Å². The smallest absolute Gasteiger partial charge is 0.270 e. The Hall–Kier alpha value is -2.81. The van der Waals surface area contributed by atoms with Gasteiger partial charge in [-0.05, 0) is 24.0 Å². The number of benzene rings is 1. The molecule has 0 saturated carbocycles. The van der Waals surface area contributed by atoms with Crippen LogP contribution in [0.25, 0.3) is 0 Å². The zero-order valence-electron chi connectivity index (χ0n) is 12.7. The molecule has 2 amide bonds. The van der Waals surface area contributed by atoms with Crippen LogP contribution in [0, 0.1) is 11.3 Å². The second-order valence-corrected chi connectivity index (χ2v) is 5.85. The number of carbonyl (C=O) groups excluding carboxylic acids is 2. The van der Waals surface area contributed by atoms with Crippen molar-refractivity contribution in [1.82, 2.24) is 9.80 Å². The van der Waals surface area contributed by atoms with Crippen LogP contribution in [0.2, 0.25) is 0 Å². The lowest BCUT2D eigenvalue weighted by Crippen LogP contribution is -2.38. The van der Waals surface area contributed by atoms with Gasteiger partial charge in [0.15, 0.2) is 0 Å². The molecule has 2 aliphatic rings. The van der Waals surface area contributed by atoms with E-state index in [1.54, 1.807) is 4.90 Å². The van der Waals surface area contributed by atoms with E-state index in [0.29, 0.717) is 26.1 Å². The fourth-order valence-electron chi connectivity index (χ4n) is 3.08. The van der Waals surface area contributed by atoms with Crippen LogP contribution in [0.5, 0.6) is 0 Å². The highest BCUT2D eigenvalue weighted by Gasteiger charge is 2.30. The molecule has 0 aliphatic carbocycles. The number of fused-ring (bicyclic) bond motifs is 1. The van der Waals surface area contributed by atoms with Gasteiger partial charge in [-0.25, -0.2) is 0 Å². The van der Waals surface area contributed by atoms with Crippen molar-refractivity contribution >= 4 is 11.8 Å². The van der Waals surface area contributed by atoms with Crippen LogP contribution < -0.4 is 5.73 Å². The van der Waals surface area contributed by atoms with E-state index in [9.17, 15) is 9.59 Å². The van der Waals surface area contributed by atoms with Gasteiger partial charge in [-0.1, -0.05) is 24.3 Å². The Morgan fingerprint density at radius 1 is 1.26 bits per heavy atom. The van der Waals surface area contributed by atoms with Gasteiger partial charge in [0.1, 0.15) is 11.7 Å². The molecule has 1 atom stereocenters. The number of nitriles is 1. The number of rotatable bonds is 2. The largest absolute Gasteiger partial charge is 0.394 e. The standard InChI is InChI=1S/C17H18N4O2/c18-9-14-6-3-7-21(14)17(23)15(19)8-16(22)20-10-12-4-1-2-5-13(12)11-20/h1-2,4-5,8,14H,3,6-7,10-11,19H2/b15-8-/t14-/m0/s1. The highest BCUT2D eigenvalue weighted by Crippen LogP contribution is 2.23. The van der Waals surface area contributed by atoms with Gasteiger partial charge < -0.3 is 15.5 Å². The van der Waals surface area contributed by atoms with E-state index in [0.717, 1.165) is 17.5 Å². The summed E-state index contributed by atoms with van der Waals surface area (Å²) in [5.74, 6) is -0.709. The highest BCUT2D eigenvalue weighted by molar-refractivity contribution is 6.00. The molecule has 0 spiro atoms. The summed E-state index contributed by atoms with van der Waals surface area (Å²) in [6, 6.07) is 9.51. The van der Waals surface area contributed by atoms with Crippen LogP contribution in [0.15, 0.2) is 36.0 Å². The minimum absolute atomic E-state index is 0.104. The molecular formula is C17H18N4O2. The maximum Gasteiger partial charge on any atom is 0.270 e. The molecule has 0 radical (unpaired) electrons. The van der Waals surface area contributed by atoms with Crippen LogP contribution in [0.3, 0.4) is 0 Å². The van der Waals surface area contributed by atoms with Gasteiger partial charge in [-0.3, -0.25) is 9.59 Å². The number of likely N-dealkylation sites (tertiary alicyclic amines) is 1. The maximum absolute atomic E-state index is 12.3. The van der Waals surface area contributed by atoms with Crippen LogP contribution in [-0.2, 0) is 22.7 Å². The highest BCUT2D eigenvalue weighted by atomic mass is 16.2. The molecule has 118 valence electrons. The zero-order valence-corrected chi connectivity index (χ0v) is 12.7. The topological polar surface area (TPSA) is 90.4 Å². The lowest BCUT2D eigenvalue weighted by Gasteiger charge is -2.20. The Morgan fingerprint density at radius 3 is 2.52 bits per heavy atom. The van der Waals surface area contributed by atoms with E-state index in [1.807, 2.05) is 24.3 Å². The van der Waals surface area contributed by atoms with Crippen LogP contribution in [0.1, 0.15) is 24.0 Å². The molecule has 1 aromatic carbocycles. The Balaban J connectivity index is 1.68. The molecule has 3 rings (SSSR count). The van der Waals surface area contributed by atoms with Crippen molar-refractivity contribution in [1.29, 1.82) is 5.26 Å². The summed E-state index contributed by atoms with van der Waals surface area (Å²) in [6.07, 6.45) is 2.62. The first kappa shape index (κ1) is 15.1. The number of hydrogen-bond donors (Lipinski definition) is 1. The van der Waals surface area contributed by atoms with Crippen molar-refractivity contribution in [2.75, 3.05) is 6.54 Å². The van der Waals surface area contributed by atoms with Gasteiger partial charge in [0.2, 0.25) is 5.91 Å². The lowest BCUT2D eigenvalue weighted by atomic mass is 10.1. The van der Waals surface area contributed by atoms with E-state index in [-0.39, 0.29) is 11.6 Å². The van der Waals surface area contributed by atoms with E-state index in [2.05, 4.69) is 6.07 Å². The summed E-state index contributed by atoms with van der Waals surface area (Å²) in [4.78, 5) is 27.7. The number of amides is 2. The van der Waals surface area contributed by atoms with Crippen molar-refractivity contribution in [3.8, 4) is 6.07 Å². The SMILES string of the molecule is N#C[C@@H]1CCCN1C(=O)/C(N)=C/C(=O)N1Cc2ccccc2C1. The Bertz CT molecular complexity index is 695. The summed E-state index contributed by atoms with van der Waals surface area (Å²) in [5.41, 5.74) is 7.93. The van der Waals surface area contributed by atoms with Gasteiger partial charge in [-0.15, -0.1) is 0 Å². The number of nitrogens with two attached hydrogens (primary N) is 1. The third-order valence-corrected chi connectivity index (χ3v) is 4.34. The summed E-state index contributed by atoms with van der Waals surface area (Å²) in [5, 5.41) is 9.04. The van der Waals surface area contributed by atoms with E-state index < -0.39 is 11.9 Å². The third-order valence-electron chi connectivity index (χ3n) is 4.34.